The molecule has 2 amide bonds. The van der Waals surface area contributed by atoms with Gasteiger partial charge in [0.25, 0.3) is 11.8 Å². The summed E-state index contributed by atoms with van der Waals surface area (Å²) in [7, 11) is 0. The smallest absolute Gasteiger partial charge is 0.280 e. The Balaban J connectivity index is 1.26. The first-order chi connectivity index (χ1) is 14.1. The highest BCUT2D eigenvalue weighted by Crippen LogP contribution is 2.31. The van der Waals surface area contributed by atoms with Crippen molar-refractivity contribution in [3.8, 4) is 17.6 Å². The molecule has 1 aromatic carbocycles. The number of nitriles is 1. The van der Waals surface area contributed by atoms with Gasteiger partial charge in [0.15, 0.2) is 18.0 Å². The molecule has 1 saturated heterocycles. The first-order valence-electron chi connectivity index (χ1n) is 9.42. The summed E-state index contributed by atoms with van der Waals surface area (Å²) in [5.74, 6) is 1.03. The standard InChI is InChI=1S/C20H20N4O4S/c21-11-14-5-10-29-19(14)22-18(25)12-23-6-8-24(9-7-23)20(26)17-13-27-15-3-1-2-4-16(15)28-17/h1-5,10,17H,6-9,12-13H2,(H,22,25)/p+1/t17-/m0/s1. The Labute approximate surface area is 172 Å². The molecule has 150 valence electrons. The molecule has 0 saturated carbocycles. The van der Waals surface area contributed by atoms with E-state index < -0.39 is 6.10 Å². The van der Waals surface area contributed by atoms with Crippen LogP contribution in [0.25, 0.3) is 0 Å². The van der Waals surface area contributed by atoms with Gasteiger partial charge in [0.05, 0.1) is 31.7 Å². The second-order valence-electron chi connectivity index (χ2n) is 6.94. The maximum absolute atomic E-state index is 12.8. The second-order valence-corrected chi connectivity index (χ2v) is 7.86. The fourth-order valence-corrected chi connectivity index (χ4v) is 4.21. The van der Waals surface area contributed by atoms with Crippen molar-refractivity contribution in [1.82, 2.24) is 4.90 Å². The zero-order valence-electron chi connectivity index (χ0n) is 15.7. The molecular formula is C20H21N4O4S+. The summed E-state index contributed by atoms with van der Waals surface area (Å²) in [5, 5.41) is 14.2. The van der Waals surface area contributed by atoms with Crippen LogP contribution in [0.5, 0.6) is 11.5 Å². The number of thiophene rings is 1. The van der Waals surface area contributed by atoms with Crippen LogP contribution >= 0.6 is 11.3 Å². The van der Waals surface area contributed by atoms with Gasteiger partial charge in [0, 0.05) is 0 Å². The third kappa shape index (κ3) is 4.34. The van der Waals surface area contributed by atoms with Gasteiger partial charge in [-0.2, -0.15) is 5.26 Å². The van der Waals surface area contributed by atoms with Gasteiger partial charge in [0.1, 0.15) is 17.7 Å². The lowest BCUT2D eigenvalue weighted by molar-refractivity contribution is -0.895. The Morgan fingerprint density at radius 2 is 2.00 bits per heavy atom. The topological polar surface area (TPSA) is 96.1 Å². The number of rotatable bonds is 4. The van der Waals surface area contributed by atoms with Crippen LogP contribution in [0.3, 0.4) is 0 Å². The molecule has 8 nitrogen and oxygen atoms in total. The Hall–Kier alpha value is -3.09. The molecule has 1 atom stereocenters. The first-order valence-corrected chi connectivity index (χ1v) is 10.3. The Bertz CT molecular complexity index is 946. The van der Waals surface area contributed by atoms with E-state index in [1.165, 1.54) is 11.3 Å². The quantitative estimate of drug-likeness (QED) is 0.743. The Morgan fingerprint density at radius 3 is 2.76 bits per heavy atom. The normalized spacial score (nSPS) is 18.7. The number of fused-ring (bicyclic) bond motifs is 1. The largest absolute Gasteiger partial charge is 0.485 e. The van der Waals surface area contributed by atoms with Crippen LogP contribution in [0.15, 0.2) is 35.7 Å². The summed E-state index contributed by atoms with van der Waals surface area (Å²) in [6, 6.07) is 11.1. The van der Waals surface area contributed by atoms with Crippen molar-refractivity contribution in [2.45, 2.75) is 6.10 Å². The van der Waals surface area contributed by atoms with Gasteiger partial charge >= 0.3 is 0 Å². The number of nitrogens with zero attached hydrogens (tertiary/aromatic N) is 2. The molecule has 2 N–H and O–H groups in total. The van der Waals surface area contributed by atoms with Crippen molar-refractivity contribution < 1.29 is 24.0 Å². The highest BCUT2D eigenvalue weighted by molar-refractivity contribution is 7.14. The molecule has 2 aliphatic heterocycles. The van der Waals surface area contributed by atoms with Crippen molar-refractivity contribution in [1.29, 1.82) is 5.26 Å². The number of carbonyl (C=O) groups excluding carboxylic acids is 2. The van der Waals surface area contributed by atoms with E-state index in [-0.39, 0.29) is 18.4 Å². The van der Waals surface area contributed by atoms with Crippen molar-refractivity contribution in [2.24, 2.45) is 0 Å². The van der Waals surface area contributed by atoms with E-state index in [1.807, 2.05) is 18.2 Å². The molecule has 2 aliphatic rings. The molecule has 0 radical (unpaired) electrons. The van der Waals surface area contributed by atoms with Crippen LogP contribution < -0.4 is 19.7 Å². The lowest BCUT2D eigenvalue weighted by Gasteiger charge is -2.35. The lowest BCUT2D eigenvalue weighted by atomic mass is 10.2. The molecule has 1 fully saturated rings. The first kappa shape index (κ1) is 19.2. The number of hydrogen-bond acceptors (Lipinski definition) is 6. The number of quaternary nitrogens is 1. The maximum atomic E-state index is 12.8. The summed E-state index contributed by atoms with van der Waals surface area (Å²) in [5.41, 5.74) is 0.477. The predicted octanol–water partition coefficient (Wildman–Crippen LogP) is 0.125. The predicted molar refractivity (Wildman–Crippen MR) is 106 cm³/mol. The lowest BCUT2D eigenvalue weighted by Crippen LogP contribution is -3.15. The van der Waals surface area contributed by atoms with Gasteiger partial charge in [-0.05, 0) is 23.6 Å². The van der Waals surface area contributed by atoms with Crippen LogP contribution in [0, 0.1) is 11.3 Å². The summed E-state index contributed by atoms with van der Waals surface area (Å²) in [6.45, 7) is 2.99. The highest BCUT2D eigenvalue weighted by atomic mass is 32.1. The van der Waals surface area contributed by atoms with Crippen LogP contribution in [0.4, 0.5) is 5.00 Å². The maximum Gasteiger partial charge on any atom is 0.280 e. The van der Waals surface area contributed by atoms with Crippen LogP contribution in [0.2, 0.25) is 0 Å². The summed E-state index contributed by atoms with van der Waals surface area (Å²) >= 11 is 1.34. The van der Waals surface area contributed by atoms with E-state index in [0.29, 0.717) is 54.8 Å². The third-order valence-corrected chi connectivity index (χ3v) is 5.85. The molecule has 0 spiro atoms. The van der Waals surface area contributed by atoms with Gasteiger partial charge in [-0.3, -0.25) is 9.59 Å². The molecule has 0 aliphatic carbocycles. The number of anilines is 1. The van der Waals surface area contributed by atoms with Crippen molar-refractivity contribution >= 4 is 28.2 Å². The number of para-hydroxylation sites is 2. The Morgan fingerprint density at radius 1 is 1.24 bits per heavy atom. The molecular weight excluding hydrogens is 392 g/mol. The molecule has 3 heterocycles. The van der Waals surface area contributed by atoms with Gasteiger partial charge < -0.3 is 24.6 Å². The minimum Gasteiger partial charge on any atom is -0.485 e. The van der Waals surface area contributed by atoms with Crippen LogP contribution in [0.1, 0.15) is 5.56 Å². The average Bonchev–Trinajstić information content (AvgIpc) is 3.20. The average molecular weight is 413 g/mol. The SMILES string of the molecule is N#Cc1ccsc1NC(=O)C[NH+]1CCN(C(=O)[C@@H]2COc3ccccc3O2)CC1. The van der Waals surface area contributed by atoms with Gasteiger partial charge in [-0.15, -0.1) is 11.3 Å². The summed E-state index contributed by atoms with van der Waals surface area (Å²) in [4.78, 5) is 27.9. The number of carbonyl (C=O) groups is 2. The molecule has 0 unspecified atom stereocenters. The summed E-state index contributed by atoms with van der Waals surface area (Å²) < 4.78 is 11.4. The molecule has 9 heteroatoms. The van der Waals surface area contributed by atoms with Crippen LogP contribution in [-0.4, -0.2) is 62.1 Å². The van der Waals surface area contributed by atoms with Gasteiger partial charge in [-0.25, -0.2) is 0 Å². The molecule has 1 aromatic heterocycles. The fourth-order valence-electron chi connectivity index (χ4n) is 3.46. The number of nitrogens with one attached hydrogen (secondary N) is 2. The fraction of sp³-hybridized carbons (Fsp3) is 0.350. The van der Waals surface area contributed by atoms with Gasteiger partial charge in [-0.1, -0.05) is 12.1 Å². The van der Waals surface area contributed by atoms with E-state index >= 15 is 0 Å². The van der Waals surface area contributed by atoms with E-state index in [1.54, 1.807) is 22.4 Å². The van der Waals surface area contributed by atoms with Gasteiger partial charge in [0.2, 0.25) is 6.10 Å². The second kappa shape index (κ2) is 8.51. The number of piperazine rings is 1. The van der Waals surface area contributed by atoms with E-state index in [9.17, 15) is 9.59 Å². The third-order valence-electron chi connectivity index (χ3n) is 5.02. The number of amides is 2. The molecule has 0 bridgehead atoms. The minimum atomic E-state index is -0.641. The summed E-state index contributed by atoms with van der Waals surface area (Å²) in [6.07, 6.45) is -0.641. The van der Waals surface area contributed by atoms with Crippen molar-refractivity contribution in [3.63, 3.8) is 0 Å². The van der Waals surface area contributed by atoms with E-state index in [2.05, 4.69) is 11.4 Å². The molecule has 29 heavy (non-hydrogen) atoms. The zero-order chi connectivity index (χ0) is 20.2. The number of ether oxygens (including phenoxy) is 2. The minimum absolute atomic E-state index is 0.0831. The Kier molecular flexibility index (Phi) is 5.64. The van der Waals surface area contributed by atoms with Crippen molar-refractivity contribution in [3.05, 3.63) is 41.3 Å². The zero-order valence-corrected chi connectivity index (χ0v) is 16.5. The monoisotopic (exact) mass is 413 g/mol. The molecule has 2 aromatic rings. The van der Waals surface area contributed by atoms with E-state index in [0.717, 1.165) is 4.90 Å². The molecule has 4 rings (SSSR count). The van der Waals surface area contributed by atoms with Crippen molar-refractivity contribution in [2.75, 3.05) is 44.6 Å². The highest BCUT2D eigenvalue weighted by Gasteiger charge is 2.34. The van der Waals surface area contributed by atoms with Crippen LogP contribution in [-0.2, 0) is 9.59 Å². The number of hydrogen-bond donors (Lipinski definition) is 2. The van der Waals surface area contributed by atoms with E-state index in [4.69, 9.17) is 14.7 Å². The number of benzene rings is 1.